The summed E-state index contributed by atoms with van der Waals surface area (Å²) >= 11 is 0. The lowest BCUT2D eigenvalue weighted by Gasteiger charge is -2.23. The number of rotatable bonds is 9. The number of carbonyl (C=O) groups is 1. The molecule has 1 N–H and O–H groups in total. The van der Waals surface area contributed by atoms with Gasteiger partial charge in [0.05, 0.1) is 13.0 Å². The van der Waals surface area contributed by atoms with Gasteiger partial charge in [0, 0.05) is 37.0 Å². The van der Waals surface area contributed by atoms with E-state index in [9.17, 15) is 13.2 Å². The van der Waals surface area contributed by atoms with Crippen molar-refractivity contribution >= 4 is 16.0 Å². The summed E-state index contributed by atoms with van der Waals surface area (Å²) in [5.74, 6) is -0.383. The Hall–Kier alpha value is -2.76. The van der Waals surface area contributed by atoms with Crippen LogP contribution in [0.2, 0.25) is 0 Å². The van der Waals surface area contributed by atoms with Crippen molar-refractivity contribution in [2.45, 2.75) is 69.4 Å². The molecule has 1 saturated heterocycles. The molecule has 0 amide bonds. The number of pyridine rings is 2. The molecule has 1 saturated carbocycles. The molecule has 10 nitrogen and oxygen atoms in total. The van der Waals surface area contributed by atoms with Crippen molar-refractivity contribution in [2.75, 3.05) is 32.8 Å². The van der Waals surface area contributed by atoms with Crippen LogP contribution < -0.4 is 9.47 Å². The molecule has 0 radical (unpaired) electrons. The lowest BCUT2D eigenvalue weighted by molar-refractivity contribution is -0.136. The largest absolute Gasteiger partial charge is 0.481 e. The van der Waals surface area contributed by atoms with Gasteiger partial charge in [0.15, 0.2) is 0 Å². The summed E-state index contributed by atoms with van der Waals surface area (Å²) in [5.41, 5.74) is 2.32. The molecule has 37 heavy (non-hydrogen) atoms. The molecule has 11 heteroatoms. The van der Waals surface area contributed by atoms with Crippen LogP contribution in [-0.4, -0.2) is 77.1 Å². The standard InChI is InChI=1S/C26H34N4O6S/c1-18-13-22-25(28-24(18)35-12-11-29-9-3-4-10-29)36-26(7-8-26)17-30(37(22,33)34)16-20-14-21(5-6-23(31)32)27-15-19(20)2/h13-15H,3-12,16-17H2,1-2H3,(H,31,32). The van der Waals surface area contributed by atoms with Crippen molar-refractivity contribution < 1.29 is 27.8 Å². The predicted molar refractivity (Wildman–Crippen MR) is 135 cm³/mol. The SMILES string of the molecule is Cc1cnc(CCC(=O)O)cc1CN1CC2(CC2)Oc2nc(OCCN3CCCC3)c(C)cc2S1(=O)=O. The minimum Gasteiger partial charge on any atom is -0.481 e. The summed E-state index contributed by atoms with van der Waals surface area (Å²) in [6, 6.07) is 3.41. The number of carboxylic acid groups (broad SMARTS) is 1. The normalized spacial score (nSPS) is 20.3. The average molecular weight is 531 g/mol. The van der Waals surface area contributed by atoms with Gasteiger partial charge >= 0.3 is 5.97 Å². The minimum atomic E-state index is -3.91. The van der Waals surface area contributed by atoms with Gasteiger partial charge in [0.1, 0.15) is 17.1 Å². The summed E-state index contributed by atoms with van der Waals surface area (Å²) < 4.78 is 41.4. The Morgan fingerprint density at radius 1 is 1.19 bits per heavy atom. The summed E-state index contributed by atoms with van der Waals surface area (Å²) in [6.45, 7) is 7.52. The van der Waals surface area contributed by atoms with E-state index in [4.69, 9.17) is 14.6 Å². The maximum Gasteiger partial charge on any atom is 0.303 e. The van der Waals surface area contributed by atoms with Gasteiger partial charge in [-0.2, -0.15) is 9.29 Å². The zero-order valence-corrected chi connectivity index (χ0v) is 22.2. The summed E-state index contributed by atoms with van der Waals surface area (Å²) in [5, 5.41) is 9.01. The lowest BCUT2D eigenvalue weighted by Crippen LogP contribution is -2.38. The zero-order valence-electron chi connectivity index (χ0n) is 21.4. The highest BCUT2D eigenvalue weighted by molar-refractivity contribution is 7.89. The van der Waals surface area contributed by atoms with Crippen molar-refractivity contribution in [3.8, 4) is 11.8 Å². The zero-order chi connectivity index (χ0) is 26.2. The molecular weight excluding hydrogens is 496 g/mol. The Balaban J connectivity index is 1.40. The predicted octanol–water partition coefficient (Wildman–Crippen LogP) is 2.70. The first-order valence-corrected chi connectivity index (χ1v) is 14.3. The van der Waals surface area contributed by atoms with E-state index < -0.39 is 21.6 Å². The Labute approximate surface area is 217 Å². The Morgan fingerprint density at radius 2 is 1.95 bits per heavy atom. The van der Waals surface area contributed by atoms with E-state index in [1.54, 1.807) is 25.3 Å². The molecule has 2 aliphatic heterocycles. The van der Waals surface area contributed by atoms with Crippen LogP contribution in [0.25, 0.3) is 0 Å². The second kappa shape index (κ2) is 10.2. The number of fused-ring (bicyclic) bond motifs is 1. The van der Waals surface area contributed by atoms with Crippen LogP contribution in [0.1, 0.15) is 54.5 Å². The van der Waals surface area contributed by atoms with Crippen LogP contribution in [0.3, 0.4) is 0 Å². The van der Waals surface area contributed by atoms with Gasteiger partial charge in [0.2, 0.25) is 21.8 Å². The first-order valence-electron chi connectivity index (χ1n) is 12.9. The van der Waals surface area contributed by atoms with Gasteiger partial charge in [-0.15, -0.1) is 0 Å². The number of likely N-dealkylation sites (tertiary alicyclic amines) is 1. The molecule has 0 atom stereocenters. The number of carboxylic acids is 1. The minimum absolute atomic E-state index is 0.0325. The molecule has 2 aromatic heterocycles. The second-order valence-electron chi connectivity index (χ2n) is 10.4. The number of nitrogens with zero attached hydrogens (tertiary/aromatic N) is 4. The average Bonchev–Trinajstić information content (AvgIpc) is 3.41. The van der Waals surface area contributed by atoms with Gasteiger partial charge in [-0.05, 0) is 75.9 Å². The molecule has 3 aliphatic rings. The highest BCUT2D eigenvalue weighted by Gasteiger charge is 2.52. The first kappa shape index (κ1) is 25.9. The third-order valence-corrected chi connectivity index (χ3v) is 9.15. The fourth-order valence-corrected chi connectivity index (χ4v) is 6.53. The van der Waals surface area contributed by atoms with Crippen molar-refractivity contribution in [3.63, 3.8) is 0 Å². The first-order chi connectivity index (χ1) is 17.6. The van der Waals surface area contributed by atoms with Gasteiger partial charge in [-0.25, -0.2) is 8.42 Å². The number of aromatic nitrogens is 2. The van der Waals surface area contributed by atoms with E-state index in [1.165, 1.54) is 17.1 Å². The van der Waals surface area contributed by atoms with Crippen molar-refractivity contribution in [2.24, 2.45) is 0 Å². The molecule has 0 bridgehead atoms. The maximum absolute atomic E-state index is 13.9. The number of ether oxygens (including phenoxy) is 2. The fourth-order valence-electron chi connectivity index (χ4n) is 4.91. The number of sulfonamides is 1. The monoisotopic (exact) mass is 530 g/mol. The maximum atomic E-state index is 13.9. The third-order valence-electron chi connectivity index (χ3n) is 7.36. The van der Waals surface area contributed by atoms with E-state index in [0.717, 1.165) is 43.6 Å². The van der Waals surface area contributed by atoms with Crippen molar-refractivity contribution in [1.82, 2.24) is 19.2 Å². The molecule has 0 unspecified atom stereocenters. The van der Waals surface area contributed by atoms with Gasteiger partial charge < -0.3 is 14.6 Å². The van der Waals surface area contributed by atoms with Gasteiger partial charge in [-0.3, -0.25) is 14.7 Å². The van der Waals surface area contributed by atoms with E-state index in [0.29, 0.717) is 23.7 Å². The number of hydrogen-bond acceptors (Lipinski definition) is 8. The van der Waals surface area contributed by atoms with E-state index in [1.807, 2.05) is 6.92 Å². The molecule has 0 aromatic carbocycles. The van der Waals surface area contributed by atoms with Crippen molar-refractivity contribution in [1.29, 1.82) is 0 Å². The molecule has 2 fully saturated rings. The summed E-state index contributed by atoms with van der Waals surface area (Å²) in [6.07, 6.45) is 5.85. The topological polar surface area (TPSA) is 122 Å². The van der Waals surface area contributed by atoms with E-state index in [-0.39, 0.29) is 36.7 Å². The van der Waals surface area contributed by atoms with Gasteiger partial charge in [0.25, 0.3) is 0 Å². The Morgan fingerprint density at radius 3 is 2.65 bits per heavy atom. The molecule has 4 heterocycles. The number of aliphatic carboxylic acids is 1. The molecule has 200 valence electrons. The van der Waals surface area contributed by atoms with Crippen LogP contribution >= 0.6 is 0 Å². The fraction of sp³-hybridized carbons (Fsp3) is 0.577. The van der Waals surface area contributed by atoms with Crippen LogP contribution in [0, 0.1) is 13.8 Å². The Kier molecular flexibility index (Phi) is 7.12. The molecule has 1 spiro atoms. The number of aryl methyl sites for hydroxylation is 3. The van der Waals surface area contributed by atoms with Crippen LogP contribution in [0.15, 0.2) is 23.2 Å². The second-order valence-corrected chi connectivity index (χ2v) is 12.3. The van der Waals surface area contributed by atoms with E-state index >= 15 is 0 Å². The highest BCUT2D eigenvalue weighted by atomic mass is 32.2. The van der Waals surface area contributed by atoms with E-state index in [2.05, 4.69) is 14.9 Å². The quantitative estimate of drug-likeness (QED) is 0.521. The molecule has 1 aliphatic carbocycles. The van der Waals surface area contributed by atoms with Crippen LogP contribution in [0.4, 0.5) is 0 Å². The van der Waals surface area contributed by atoms with Crippen molar-refractivity contribution in [3.05, 3.63) is 40.7 Å². The van der Waals surface area contributed by atoms with Gasteiger partial charge in [-0.1, -0.05) is 0 Å². The van der Waals surface area contributed by atoms with Crippen LogP contribution in [0.5, 0.6) is 11.8 Å². The third kappa shape index (κ3) is 5.73. The molecule has 5 rings (SSSR count). The molecule has 2 aromatic rings. The van der Waals surface area contributed by atoms with Crippen LogP contribution in [-0.2, 0) is 27.8 Å². The Bertz CT molecular complexity index is 1290. The smallest absolute Gasteiger partial charge is 0.303 e. The number of hydrogen-bond donors (Lipinski definition) is 1. The molecular formula is C26H34N4O6S. The lowest BCUT2D eigenvalue weighted by atomic mass is 10.1. The summed E-state index contributed by atoms with van der Waals surface area (Å²) in [7, 11) is -3.91. The summed E-state index contributed by atoms with van der Waals surface area (Å²) in [4.78, 5) is 22.3. The highest BCUT2D eigenvalue weighted by Crippen LogP contribution is 2.47.